The number of furan rings is 1. The lowest BCUT2D eigenvalue weighted by Gasteiger charge is -2.17. The zero-order chi connectivity index (χ0) is 15.6. The van der Waals surface area contributed by atoms with Gasteiger partial charge >= 0.3 is 0 Å². The topological polar surface area (TPSA) is 69.0 Å². The van der Waals surface area contributed by atoms with Crippen molar-refractivity contribution in [1.29, 1.82) is 0 Å². The molecule has 118 valence electrons. The average molecular weight is 323 g/mol. The maximum atomic E-state index is 12.6. The molecule has 0 spiro atoms. The summed E-state index contributed by atoms with van der Waals surface area (Å²) < 4.78 is 42.7. The fraction of sp³-hybridized carbons (Fsp3) is 0.333. The number of nitrogens with zero attached hydrogens (tertiary/aromatic N) is 1. The SMILES string of the molecule is CN(Cc1ccco1)S(=O)(=O)c1ccc2c(c1)OCCCO2. The molecule has 2 aromatic rings. The van der Waals surface area contributed by atoms with Crippen LogP contribution in [0.1, 0.15) is 12.2 Å². The summed E-state index contributed by atoms with van der Waals surface area (Å²) >= 11 is 0. The van der Waals surface area contributed by atoms with E-state index in [9.17, 15) is 8.42 Å². The molecular weight excluding hydrogens is 306 g/mol. The molecule has 22 heavy (non-hydrogen) atoms. The Labute approximate surface area is 129 Å². The monoisotopic (exact) mass is 323 g/mol. The third kappa shape index (κ3) is 2.95. The first kappa shape index (κ1) is 14.9. The van der Waals surface area contributed by atoms with E-state index in [1.165, 1.54) is 29.7 Å². The van der Waals surface area contributed by atoms with Crippen LogP contribution in [0.25, 0.3) is 0 Å². The van der Waals surface area contributed by atoms with Gasteiger partial charge in [-0.15, -0.1) is 0 Å². The third-order valence-electron chi connectivity index (χ3n) is 3.39. The Bertz CT molecular complexity index is 739. The van der Waals surface area contributed by atoms with Crippen LogP contribution < -0.4 is 9.47 Å². The normalized spacial score (nSPS) is 14.8. The Balaban J connectivity index is 1.87. The molecule has 1 aromatic carbocycles. The molecule has 1 aliphatic rings. The number of fused-ring (bicyclic) bond motifs is 1. The maximum absolute atomic E-state index is 12.6. The first-order valence-electron chi connectivity index (χ1n) is 6.96. The van der Waals surface area contributed by atoms with Gasteiger partial charge in [0.05, 0.1) is 30.9 Å². The predicted octanol–water partition coefficient (Wildman–Crippen LogP) is 2.26. The Morgan fingerprint density at radius 3 is 2.64 bits per heavy atom. The largest absolute Gasteiger partial charge is 0.490 e. The molecule has 0 fully saturated rings. The number of rotatable bonds is 4. The Kier molecular flexibility index (Phi) is 4.08. The van der Waals surface area contributed by atoms with E-state index < -0.39 is 10.0 Å². The highest BCUT2D eigenvalue weighted by molar-refractivity contribution is 7.89. The highest BCUT2D eigenvalue weighted by atomic mass is 32.2. The zero-order valence-electron chi connectivity index (χ0n) is 12.2. The molecule has 7 heteroatoms. The molecule has 0 bridgehead atoms. The number of sulfonamides is 1. The molecule has 0 radical (unpaired) electrons. The first-order chi connectivity index (χ1) is 10.6. The van der Waals surface area contributed by atoms with E-state index in [0.29, 0.717) is 30.5 Å². The second-order valence-corrected chi connectivity index (χ2v) is 7.04. The molecule has 0 unspecified atom stereocenters. The Morgan fingerprint density at radius 1 is 1.14 bits per heavy atom. The molecule has 2 heterocycles. The van der Waals surface area contributed by atoms with Crippen LogP contribution in [0.5, 0.6) is 11.5 Å². The van der Waals surface area contributed by atoms with Gasteiger partial charge in [-0.1, -0.05) is 0 Å². The lowest BCUT2D eigenvalue weighted by atomic mass is 10.3. The third-order valence-corrected chi connectivity index (χ3v) is 5.19. The lowest BCUT2D eigenvalue weighted by molar-refractivity contribution is 0.297. The Hall–Kier alpha value is -1.99. The van der Waals surface area contributed by atoms with Gasteiger partial charge in [0.25, 0.3) is 0 Å². The van der Waals surface area contributed by atoms with E-state index in [0.717, 1.165) is 6.42 Å². The van der Waals surface area contributed by atoms with Crippen molar-refractivity contribution in [3.05, 3.63) is 42.4 Å². The van der Waals surface area contributed by atoms with Crippen molar-refractivity contribution < 1.29 is 22.3 Å². The highest BCUT2D eigenvalue weighted by Crippen LogP contribution is 2.32. The van der Waals surface area contributed by atoms with Gasteiger partial charge in [0.15, 0.2) is 11.5 Å². The minimum atomic E-state index is -3.62. The summed E-state index contributed by atoms with van der Waals surface area (Å²) in [7, 11) is -2.11. The van der Waals surface area contributed by atoms with E-state index in [1.54, 1.807) is 18.2 Å². The fourth-order valence-electron chi connectivity index (χ4n) is 2.19. The van der Waals surface area contributed by atoms with Gasteiger partial charge in [-0.3, -0.25) is 0 Å². The smallest absolute Gasteiger partial charge is 0.243 e. The van der Waals surface area contributed by atoms with Gasteiger partial charge in [-0.25, -0.2) is 8.42 Å². The molecule has 0 saturated heterocycles. The minimum Gasteiger partial charge on any atom is -0.490 e. The summed E-state index contributed by atoms with van der Waals surface area (Å²) in [5.41, 5.74) is 0. The van der Waals surface area contributed by atoms with Crippen LogP contribution in [0.15, 0.2) is 45.9 Å². The van der Waals surface area contributed by atoms with Gasteiger partial charge in [0.1, 0.15) is 5.76 Å². The van der Waals surface area contributed by atoms with E-state index in [2.05, 4.69) is 0 Å². The number of benzene rings is 1. The Morgan fingerprint density at radius 2 is 1.91 bits per heavy atom. The number of hydrogen-bond acceptors (Lipinski definition) is 5. The van der Waals surface area contributed by atoms with Gasteiger partial charge in [-0.2, -0.15) is 4.31 Å². The molecular formula is C15H17NO5S. The summed E-state index contributed by atoms with van der Waals surface area (Å²) in [4.78, 5) is 0.172. The fourth-order valence-corrected chi connectivity index (χ4v) is 3.34. The van der Waals surface area contributed by atoms with E-state index in [4.69, 9.17) is 13.9 Å². The van der Waals surface area contributed by atoms with Crippen molar-refractivity contribution in [2.45, 2.75) is 17.9 Å². The summed E-state index contributed by atoms with van der Waals surface area (Å²) in [5, 5.41) is 0. The van der Waals surface area contributed by atoms with Gasteiger partial charge in [0.2, 0.25) is 10.0 Å². The molecule has 1 aliphatic heterocycles. The van der Waals surface area contributed by atoms with Crippen LogP contribution in [-0.2, 0) is 16.6 Å². The maximum Gasteiger partial charge on any atom is 0.243 e. The summed E-state index contributed by atoms with van der Waals surface area (Å²) in [6.45, 7) is 1.25. The minimum absolute atomic E-state index is 0.170. The van der Waals surface area contributed by atoms with Gasteiger partial charge in [0, 0.05) is 19.5 Å². The number of hydrogen-bond donors (Lipinski definition) is 0. The van der Waals surface area contributed by atoms with Crippen LogP contribution in [0.3, 0.4) is 0 Å². The molecule has 0 saturated carbocycles. The summed E-state index contributed by atoms with van der Waals surface area (Å²) in [6.07, 6.45) is 2.29. The van der Waals surface area contributed by atoms with Crippen LogP contribution in [0.2, 0.25) is 0 Å². The van der Waals surface area contributed by atoms with Gasteiger partial charge < -0.3 is 13.9 Å². The molecule has 0 N–H and O–H groups in total. The van der Waals surface area contributed by atoms with Crippen LogP contribution in [0.4, 0.5) is 0 Å². The summed E-state index contributed by atoms with van der Waals surface area (Å²) in [5.74, 6) is 1.62. The standard InChI is InChI=1S/C15H17NO5S/c1-16(11-12-4-2-7-19-12)22(17,18)13-5-6-14-15(10-13)21-9-3-8-20-14/h2,4-7,10H,3,8-9,11H2,1H3. The van der Waals surface area contributed by atoms with E-state index >= 15 is 0 Å². The summed E-state index contributed by atoms with van der Waals surface area (Å²) in [6, 6.07) is 8.13. The zero-order valence-corrected chi connectivity index (χ0v) is 13.0. The van der Waals surface area contributed by atoms with Crippen molar-refractivity contribution in [3.8, 4) is 11.5 Å². The quantitative estimate of drug-likeness (QED) is 0.863. The predicted molar refractivity (Wildman–Crippen MR) is 79.4 cm³/mol. The molecule has 0 atom stereocenters. The van der Waals surface area contributed by atoms with Crippen molar-refractivity contribution in [1.82, 2.24) is 4.31 Å². The van der Waals surface area contributed by atoms with Crippen LogP contribution in [0, 0.1) is 0 Å². The van der Waals surface area contributed by atoms with Gasteiger partial charge in [-0.05, 0) is 24.3 Å². The average Bonchev–Trinajstić information content (AvgIpc) is 2.89. The van der Waals surface area contributed by atoms with Crippen molar-refractivity contribution in [2.75, 3.05) is 20.3 Å². The molecule has 6 nitrogen and oxygen atoms in total. The van der Waals surface area contributed by atoms with Crippen molar-refractivity contribution in [3.63, 3.8) is 0 Å². The molecule has 3 rings (SSSR count). The second-order valence-electron chi connectivity index (χ2n) is 5.00. The first-order valence-corrected chi connectivity index (χ1v) is 8.40. The second kappa shape index (κ2) is 6.02. The molecule has 1 aromatic heterocycles. The van der Waals surface area contributed by atoms with E-state index in [-0.39, 0.29) is 11.4 Å². The molecule has 0 amide bonds. The highest BCUT2D eigenvalue weighted by Gasteiger charge is 2.24. The van der Waals surface area contributed by atoms with Crippen LogP contribution >= 0.6 is 0 Å². The molecule has 0 aliphatic carbocycles. The number of ether oxygens (including phenoxy) is 2. The van der Waals surface area contributed by atoms with E-state index in [1.807, 2.05) is 0 Å². The lowest BCUT2D eigenvalue weighted by Crippen LogP contribution is -2.26. The van der Waals surface area contributed by atoms with Crippen LogP contribution in [-0.4, -0.2) is 33.0 Å². The van der Waals surface area contributed by atoms with Crippen molar-refractivity contribution >= 4 is 10.0 Å². The van der Waals surface area contributed by atoms with Crippen molar-refractivity contribution in [2.24, 2.45) is 0 Å².